The van der Waals surface area contributed by atoms with E-state index in [4.69, 9.17) is 0 Å². The van der Waals surface area contributed by atoms with Crippen LogP contribution < -0.4 is 5.32 Å². The van der Waals surface area contributed by atoms with Gasteiger partial charge >= 0.3 is 0 Å². The van der Waals surface area contributed by atoms with E-state index in [9.17, 15) is 9.90 Å². The molecule has 1 rings (SSSR count). The van der Waals surface area contributed by atoms with Crippen molar-refractivity contribution in [3.63, 3.8) is 0 Å². The van der Waals surface area contributed by atoms with Crippen LogP contribution in [0.1, 0.15) is 33.6 Å². The third kappa shape index (κ3) is 1.61. The molecule has 12 heavy (non-hydrogen) atoms. The first kappa shape index (κ1) is 9.52. The van der Waals surface area contributed by atoms with E-state index in [0.717, 1.165) is 6.42 Å². The Kier molecular flexibility index (Phi) is 2.42. The summed E-state index contributed by atoms with van der Waals surface area (Å²) in [6.07, 6.45) is 0.790. The van der Waals surface area contributed by atoms with Crippen molar-refractivity contribution in [2.24, 2.45) is 11.3 Å². The molecule has 1 aliphatic rings. The van der Waals surface area contributed by atoms with Gasteiger partial charge in [0, 0.05) is 12.3 Å². The largest absolute Gasteiger partial charge is 0.373 e. The minimum absolute atomic E-state index is 0.0333. The van der Waals surface area contributed by atoms with Gasteiger partial charge in [0.15, 0.2) is 0 Å². The summed E-state index contributed by atoms with van der Waals surface area (Å²) in [7, 11) is 0. The number of carbonyl (C=O) groups excluding carboxylic acids is 1. The molecule has 2 atom stereocenters. The Morgan fingerprint density at radius 1 is 1.67 bits per heavy atom. The third-order valence-electron chi connectivity index (χ3n) is 3.01. The summed E-state index contributed by atoms with van der Waals surface area (Å²) in [5, 5.41) is 12.0. The van der Waals surface area contributed by atoms with Crippen molar-refractivity contribution in [1.29, 1.82) is 0 Å². The Labute approximate surface area is 73.2 Å². The maximum Gasteiger partial charge on any atom is 0.222 e. The fourth-order valence-electron chi connectivity index (χ4n) is 1.60. The second-order valence-electron chi connectivity index (χ2n) is 4.17. The fraction of sp³-hybridized carbons (Fsp3) is 0.889. The van der Waals surface area contributed by atoms with Crippen LogP contribution >= 0.6 is 0 Å². The predicted molar refractivity (Wildman–Crippen MR) is 46.3 cm³/mol. The maximum atomic E-state index is 11.0. The highest BCUT2D eigenvalue weighted by molar-refractivity contribution is 5.78. The molecule has 2 unspecified atom stereocenters. The summed E-state index contributed by atoms with van der Waals surface area (Å²) in [5.74, 6) is 0.0315. The van der Waals surface area contributed by atoms with Gasteiger partial charge in [-0.05, 0) is 5.41 Å². The van der Waals surface area contributed by atoms with Gasteiger partial charge in [0.1, 0.15) is 6.23 Å². The van der Waals surface area contributed by atoms with Crippen molar-refractivity contribution in [3.05, 3.63) is 0 Å². The van der Waals surface area contributed by atoms with Crippen molar-refractivity contribution in [2.75, 3.05) is 0 Å². The third-order valence-corrected chi connectivity index (χ3v) is 3.01. The molecule has 0 radical (unpaired) electrons. The van der Waals surface area contributed by atoms with Gasteiger partial charge in [-0.3, -0.25) is 4.79 Å². The minimum Gasteiger partial charge on any atom is -0.373 e. The molecular formula is C9H17NO2. The first-order valence-corrected chi connectivity index (χ1v) is 4.45. The van der Waals surface area contributed by atoms with Crippen molar-refractivity contribution in [2.45, 2.75) is 39.8 Å². The molecule has 1 saturated heterocycles. The number of nitrogens with one attached hydrogen (secondary N) is 1. The van der Waals surface area contributed by atoms with E-state index in [0.29, 0.717) is 6.42 Å². The van der Waals surface area contributed by atoms with Crippen LogP contribution in [0.15, 0.2) is 0 Å². The zero-order valence-electron chi connectivity index (χ0n) is 7.92. The van der Waals surface area contributed by atoms with Crippen LogP contribution in [0, 0.1) is 11.3 Å². The van der Waals surface area contributed by atoms with Crippen LogP contribution in [0.2, 0.25) is 0 Å². The summed E-state index contributed by atoms with van der Waals surface area (Å²) < 4.78 is 0. The standard InChI is InChI=1S/C9H17NO2/c1-4-9(2,3)6-5-7(11)10-8(6)12/h6,8,12H,4-5H2,1-3H3,(H,10,11). The molecule has 0 aromatic rings. The van der Waals surface area contributed by atoms with Crippen LogP contribution in [0.4, 0.5) is 0 Å². The highest BCUT2D eigenvalue weighted by Crippen LogP contribution is 2.36. The molecule has 3 heteroatoms. The quantitative estimate of drug-likeness (QED) is 0.648. The Bertz CT molecular complexity index is 189. The Balaban J connectivity index is 2.69. The molecule has 0 aliphatic carbocycles. The van der Waals surface area contributed by atoms with Crippen molar-refractivity contribution in [1.82, 2.24) is 5.32 Å². The molecule has 1 heterocycles. The lowest BCUT2D eigenvalue weighted by atomic mass is 9.75. The molecule has 0 saturated carbocycles. The molecule has 2 N–H and O–H groups in total. The second kappa shape index (κ2) is 3.05. The summed E-state index contributed by atoms with van der Waals surface area (Å²) in [6, 6.07) is 0. The summed E-state index contributed by atoms with van der Waals surface area (Å²) >= 11 is 0. The molecule has 1 fully saturated rings. The molecule has 0 aromatic heterocycles. The number of amides is 1. The topological polar surface area (TPSA) is 49.3 Å². The van der Waals surface area contributed by atoms with Crippen LogP contribution in [0.3, 0.4) is 0 Å². The second-order valence-corrected chi connectivity index (χ2v) is 4.17. The normalized spacial score (nSPS) is 30.5. The number of aliphatic hydroxyl groups is 1. The van der Waals surface area contributed by atoms with Crippen LogP contribution in [-0.2, 0) is 4.79 Å². The van der Waals surface area contributed by atoms with Gasteiger partial charge in [0.05, 0.1) is 0 Å². The van der Waals surface area contributed by atoms with E-state index in [1.165, 1.54) is 0 Å². The Hall–Kier alpha value is -0.570. The predicted octanol–water partition coefficient (Wildman–Crippen LogP) is 0.877. The van der Waals surface area contributed by atoms with E-state index in [1.54, 1.807) is 0 Å². The van der Waals surface area contributed by atoms with Gasteiger partial charge < -0.3 is 10.4 Å². The van der Waals surface area contributed by atoms with Crippen LogP contribution in [-0.4, -0.2) is 17.2 Å². The van der Waals surface area contributed by atoms with Gasteiger partial charge in [-0.15, -0.1) is 0 Å². The molecule has 0 bridgehead atoms. The minimum atomic E-state index is -0.646. The summed E-state index contributed by atoms with van der Waals surface area (Å²) in [4.78, 5) is 11.0. The monoisotopic (exact) mass is 171 g/mol. The maximum absolute atomic E-state index is 11.0. The number of hydrogen-bond donors (Lipinski definition) is 2. The molecule has 0 spiro atoms. The average molecular weight is 171 g/mol. The van der Waals surface area contributed by atoms with E-state index < -0.39 is 6.23 Å². The molecular weight excluding hydrogens is 154 g/mol. The van der Waals surface area contributed by atoms with E-state index in [-0.39, 0.29) is 17.2 Å². The van der Waals surface area contributed by atoms with E-state index in [2.05, 4.69) is 26.1 Å². The lowest BCUT2D eigenvalue weighted by Crippen LogP contribution is -2.35. The molecule has 0 aromatic carbocycles. The summed E-state index contributed by atoms with van der Waals surface area (Å²) in [6.45, 7) is 6.25. The van der Waals surface area contributed by atoms with E-state index >= 15 is 0 Å². The Morgan fingerprint density at radius 3 is 2.58 bits per heavy atom. The zero-order chi connectivity index (χ0) is 9.35. The molecule has 3 nitrogen and oxygen atoms in total. The van der Waals surface area contributed by atoms with Crippen molar-refractivity contribution < 1.29 is 9.90 Å². The fourth-order valence-corrected chi connectivity index (χ4v) is 1.60. The van der Waals surface area contributed by atoms with Gasteiger partial charge in [0.25, 0.3) is 0 Å². The van der Waals surface area contributed by atoms with Gasteiger partial charge in [0.2, 0.25) is 5.91 Å². The number of rotatable bonds is 2. The van der Waals surface area contributed by atoms with Gasteiger partial charge in [-0.2, -0.15) is 0 Å². The SMILES string of the molecule is CCC(C)(C)C1CC(=O)NC1O. The molecule has 1 aliphatic heterocycles. The lowest BCUT2D eigenvalue weighted by molar-refractivity contribution is -0.120. The van der Waals surface area contributed by atoms with Crippen molar-refractivity contribution >= 4 is 5.91 Å². The Morgan fingerprint density at radius 2 is 2.25 bits per heavy atom. The molecule has 70 valence electrons. The van der Waals surface area contributed by atoms with Crippen LogP contribution in [0.5, 0.6) is 0 Å². The average Bonchev–Trinajstić information content (AvgIpc) is 2.31. The summed E-state index contributed by atoms with van der Waals surface area (Å²) in [5.41, 5.74) is 0.0403. The highest BCUT2D eigenvalue weighted by atomic mass is 16.3. The zero-order valence-corrected chi connectivity index (χ0v) is 7.92. The first-order valence-electron chi connectivity index (χ1n) is 4.45. The number of aliphatic hydroxyl groups excluding tert-OH is 1. The smallest absolute Gasteiger partial charge is 0.222 e. The van der Waals surface area contributed by atoms with Crippen molar-refractivity contribution in [3.8, 4) is 0 Å². The highest BCUT2D eigenvalue weighted by Gasteiger charge is 2.40. The first-order chi connectivity index (χ1) is 5.47. The number of hydrogen-bond acceptors (Lipinski definition) is 2. The van der Waals surface area contributed by atoms with E-state index in [1.807, 2.05) is 0 Å². The molecule has 1 amide bonds. The number of carbonyl (C=O) groups is 1. The van der Waals surface area contributed by atoms with Crippen LogP contribution in [0.25, 0.3) is 0 Å². The lowest BCUT2D eigenvalue weighted by Gasteiger charge is -2.31. The van der Waals surface area contributed by atoms with Gasteiger partial charge in [-0.25, -0.2) is 0 Å². The van der Waals surface area contributed by atoms with Gasteiger partial charge in [-0.1, -0.05) is 27.2 Å².